The number of hydrogen-bond acceptors (Lipinski definition) is 6. The summed E-state index contributed by atoms with van der Waals surface area (Å²) in [5.41, 5.74) is 1.46. The molecule has 0 fully saturated rings. The largest absolute Gasteiger partial charge is 0.496 e. The smallest absolute Gasteiger partial charge is 0.129 e. The highest BCUT2D eigenvalue weighted by atomic mass is 32.1. The number of para-hydroxylation sites is 1. The van der Waals surface area contributed by atoms with Crippen LogP contribution in [0.25, 0.3) is 10.6 Å². The molecule has 1 aromatic carbocycles. The van der Waals surface area contributed by atoms with Gasteiger partial charge in [0, 0.05) is 23.9 Å². The zero-order valence-electron chi connectivity index (χ0n) is 13.8. The van der Waals surface area contributed by atoms with Crippen LogP contribution in [0.4, 0.5) is 0 Å². The van der Waals surface area contributed by atoms with Gasteiger partial charge in [0.2, 0.25) is 0 Å². The molecule has 6 heteroatoms. The minimum absolute atomic E-state index is 0.0443. The van der Waals surface area contributed by atoms with Crippen LogP contribution in [0.3, 0.4) is 0 Å². The average Bonchev–Trinajstić information content (AvgIpc) is 3.02. The summed E-state index contributed by atoms with van der Waals surface area (Å²) < 4.78 is 5.39. The number of benzene rings is 1. The minimum atomic E-state index is -0.504. The summed E-state index contributed by atoms with van der Waals surface area (Å²) in [6, 6.07) is 7.84. The van der Waals surface area contributed by atoms with E-state index in [9.17, 15) is 10.2 Å². The van der Waals surface area contributed by atoms with Gasteiger partial charge in [-0.2, -0.15) is 0 Å². The number of hydrogen-bond donors (Lipinski definition) is 2. The quantitative estimate of drug-likeness (QED) is 0.774. The first-order valence-electron chi connectivity index (χ1n) is 7.49. The molecule has 0 atom stereocenters. The molecule has 5 nitrogen and oxygen atoms in total. The summed E-state index contributed by atoms with van der Waals surface area (Å²) in [6.45, 7) is 3.04. The molecule has 0 radical (unpaired) electrons. The molecule has 0 unspecified atom stereocenters. The number of rotatable bonds is 8. The normalized spacial score (nSPS) is 11.9. The van der Waals surface area contributed by atoms with Gasteiger partial charge in [0.1, 0.15) is 10.8 Å². The van der Waals surface area contributed by atoms with Crippen LogP contribution in [0.1, 0.15) is 12.6 Å². The van der Waals surface area contributed by atoms with E-state index < -0.39 is 5.41 Å². The lowest BCUT2D eigenvalue weighted by Gasteiger charge is -2.29. The van der Waals surface area contributed by atoms with Crippen molar-refractivity contribution in [1.82, 2.24) is 9.88 Å². The Kier molecular flexibility index (Phi) is 6.12. The van der Waals surface area contributed by atoms with Crippen LogP contribution in [0.2, 0.25) is 0 Å². The molecule has 2 N–H and O–H groups in total. The second-order valence-corrected chi connectivity index (χ2v) is 7.00. The van der Waals surface area contributed by atoms with Crippen LogP contribution < -0.4 is 4.74 Å². The molecule has 0 aliphatic carbocycles. The van der Waals surface area contributed by atoms with Crippen molar-refractivity contribution < 1.29 is 14.9 Å². The molecule has 23 heavy (non-hydrogen) atoms. The van der Waals surface area contributed by atoms with Crippen molar-refractivity contribution in [2.24, 2.45) is 5.41 Å². The summed E-state index contributed by atoms with van der Waals surface area (Å²) in [5, 5.41) is 21.8. The molecule has 1 heterocycles. The molecule has 0 aliphatic rings. The summed E-state index contributed by atoms with van der Waals surface area (Å²) in [7, 11) is 3.62. The first-order valence-corrected chi connectivity index (χ1v) is 8.37. The molecular formula is C17H24N2O3S. The SMILES string of the molecule is COc1ccccc1-c1nc(CN(C)CC(C)(CO)CO)cs1. The van der Waals surface area contributed by atoms with Gasteiger partial charge in [0.05, 0.1) is 31.6 Å². The number of aliphatic hydroxyl groups is 2. The van der Waals surface area contributed by atoms with Gasteiger partial charge in [0.15, 0.2) is 0 Å². The lowest BCUT2D eigenvalue weighted by Crippen LogP contribution is -2.38. The highest BCUT2D eigenvalue weighted by Gasteiger charge is 2.24. The van der Waals surface area contributed by atoms with E-state index in [1.54, 1.807) is 18.4 Å². The minimum Gasteiger partial charge on any atom is -0.496 e. The molecular weight excluding hydrogens is 312 g/mol. The van der Waals surface area contributed by atoms with E-state index in [2.05, 4.69) is 9.88 Å². The Balaban J connectivity index is 2.08. The van der Waals surface area contributed by atoms with Crippen molar-refractivity contribution in [3.63, 3.8) is 0 Å². The van der Waals surface area contributed by atoms with Gasteiger partial charge in [-0.15, -0.1) is 11.3 Å². The number of methoxy groups -OCH3 is 1. The maximum atomic E-state index is 9.40. The van der Waals surface area contributed by atoms with Crippen LogP contribution in [-0.4, -0.2) is 54.0 Å². The van der Waals surface area contributed by atoms with E-state index in [0.717, 1.165) is 22.0 Å². The Bertz CT molecular complexity index is 626. The van der Waals surface area contributed by atoms with E-state index >= 15 is 0 Å². The van der Waals surface area contributed by atoms with Gasteiger partial charge >= 0.3 is 0 Å². The standard InChI is InChI=1S/C17H24N2O3S/c1-17(11-20,12-21)10-19(2)8-13-9-23-16(18-13)14-6-4-5-7-15(14)22-3/h4-7,9,20-21H,8,10-12H2,1-3H3. The van der Waals surface area contributed by atoms with E-state index in [4.69, 9.17) is 4.74 Å². The zero-order chi connectivity index (χ0) is 16.9. The highest BCUT2D eigenvalue weighted by Crippen LogP contribution is 2.32. The van der Waals surface area contributed by atoms with Crippen LogP contribution in [0.5, 0.6) is 5.75 Å². The molecule has 0 amide bonds. The van der Waals surface area contributed by atoms with E-state index in [1.807, 2.05) is 43.6 Å². The fourth-order valence-electron chi connectivity index (χ4n) is 2.46. The molecule has 0 aliphatic heterocycles. The average molecular weight is 336 g/mol. The predicted octanol–water partition coefficient (Wildman–Crippen LogP) is 2.24. The fourth-order valence-corrected chi connectivity index (χ4v) is 3.30. The van der Waals surface area contributed by atoms with Crippen molar-refractivity contribution in [1.29, 1.82) is 0 Å². The summed E-state index contributed by atoms with van der Waals surface area (Å²) >= 11 is 1.59. The second kappa shape index (κ2) is 7.88. The highest BCUT2D eigenvalue weighted by molar-refractivity contribution is 7.13. The Morgan fingerprint density at radius 2 is 1.96 bits per heavy atom. The van der Waals surface area contributed by atoms with Crippen molar-refractivity contribution >= 4 is 11.3 Å². The molecule has 126 valence electrons. The summed E-state index contributed by atoms with van der Waals surface area (Å²) in [6.07, 6.45) is 0. The third-order valence-corrected chi connectivity index (χ3v) is 4.66. The second-order valence-electron chi connectivity index (χ2n) is 6.14. The first kappa shape index (κ1) is 17.9. The number of aromatic nitrogens is 1. The number of nitrogens with zero attached hydrogens (tertiary/aromatic N) is 2. The number of ether oxygens (including phenoxy) is 1. The molecule has 0 bridgehead atoms. The zero-order valence-corrected chi connectivity index (χ0v) is 14.6. The Labute approximate surface area is 141 Å². The van der Waals surface area contributed by atoms with Gasteiger partial charge in [-0.1, -0.05) is 19.1 Å². The predicted molar refractivity (Wildman–Crippen MR) is 92.7 cm³/mol. The van der Waals surface area contributed by atoms with Crippen molar-refractivity contribution in [2.45, 2.75) is 13.5 Å². The van der Waals surface area contributed by atoms with Gasteiger partial charge in [-0.05, 0) is 19.2 Å². The fraction of sp³-hybridized carbons (Fsp3) is 0.471. The van der Waals surface area contributed by atoms with E-state index in [0.29, 0.717) is 13.1 Å². The maximum Gasteiger partial charge on any atom is 0.129 e. The van der Waals surface area contributed by atoms with Crippen LogP contribution >= 0.6 is 11.3 Å². The number of thiazole rings is 1. The number of aliphatic hydroxyl groups excluding tert-OH is 2. The monoisotopic (exact) mass is 336 g/mol. The van der Waals surface area contributed by atoms with Crippen LogP contribution in [-0.2, 0) is 6.54 Å². The van der Waals surface area contributed by atoms with Crippen LogP contribution in [0.15, 0.2) is 29.6 Å². The van der Waals surface area contributed by atoms with Gasteiger partial charge in [0.25, 0.3) is 0 Å². The third kappa shape index (κ3) is 4.51. The Morgan fingerprint density at radius 1 is 1.26 bits per heavy atom. The summed E-state index contributed by atoms with van der Waals surface area (Å²) in [4.78, 5) is 6.75. The molecule has 2 rings (SSSR count). The van der Waals surface area contributed by atoms with Crippen molar-refractivity contribution in [3.05, 3.63) is 35.3 Å². The van der Waals surface area contributed by atoms with Crippen LogP contribution in [0, 0.1) is 5.41 Å². The molecule has 1 aromatic heterocycles. The van der Waals surface area contributed by atoms with Gasteiger partial charge in [-0.3, -0.25) is 4.90 Å². The Morgan fingerprint density at radius 3 is 2.61 bits per heavy atom. The van der Waals surface area contributed by atoms with Crippen molar-refractivity contribution in [2.75, 3.05) is 33.9 Å². The third-order valence-electron chi connectivity index (χ3n) is 3.74. The van der Waals surface area contributed by atoms with Gasteiger partial charge < -0.3 is 14.9 Å². The topological polar surface area (TPSA) is 65.8 Å². The molecule has 0 saturated heterocycles. The lowest BCUT2D eigenvalue weighted by molar-refractivity contribution is 0.0399. The lowest BCUT2D eigenvalue weighted by atomic mass is 9.92. The molecule has 0 spiro atoms. The summed E-state index contributed by atoms with van der Waals surface area (Å²) in [5.74, 6) is 0.815. The Hall–Kier alpha value is -1.47. The van der Waals surface area contributed by atoms with E-state index in [-0.39, 0.29) is 13.2 Å². The van der Waals surface area contributed by atoms with Gasteiger partial charge in [-0.25, -0.2) is 4.98 Å². The maximum absolute atomic E-state index is 9.40. The molecule has 0 saturated carbocycles. The molecule has 2 aromatic rings. The first-order chi connectivity index (χ1) is 11.0. The van der Waals surface area contributed by atoms with E-state index in [1.165, 1.54) is 0 Å². The van der Waals surface area contributed by atoms with Crippen molar-refractivity contribution in [3.8, 4) is 16.3 Å².